The van der Waals surface area contributed by atoms with E-state index in [0.717, 1.165) is 6.26 Å². The summed E-state index contributed by atoms with van der Waals surface area (Å²) in [5.74, 6) is -1.36. The van der Waals surface area contributed by atoms with Crippen molar-refractivity contribution in [2.24, 2.45) is 0 Å². The van der Waals surface area contributed by atoms with Gasteiger partial charge in [0.1, 0.15) is 11.1 Å². The quantitative estimate of drug-likeness (QED) is 0.725. The Balaban J connectivity index is 2.03. The van der Waals surface area contributed by atoms with E-state index in [0.29, 0.717) is 10.6 Å². The minimum absolute atomic E-state index is 0.0899. The van der Waals surface area contributed by atoms with Crippen LogP contribution in [0.4, 0.5) is 10.7 Å². The number of nitrogens with one attached hydrogen (secondary N) is 2. The number of carbonyl (C=O) groups excluding carboxylic acids is 2. The summed E-state index contributed by atoms with van der Waals surface area (Å²) >= 11 is 1.18. The van der Waals surface area contributed by atoms with Crippen LogP contribution in [0.1, 0.15) is 22.8 Å². The Hall–Kier alpha value is -2.90. The minimum atomic E-state index is -3.48. The molecule has 2 aromatic rings. The molecule has 1 unspecified atom stereocenters. The SMILES string of the molecule is CC(OC(=O)c1cccc(NS(C)(=O)=O)c1)C(=O)Nc1sccc1C#N. The van der Waals surface area contributed by atoms with E-state index in [1.807, 2.05) is 6.07 Å². The first-order chi connectivity index (χ1) is 12.2. The number of amides is 1. The average Bonchev–Trinajstić information content (AvgIpc) is 3.00. The summed E-state index contributed by atoms with van der Waals surface area (Å²) in [4.78, 5) is 24.3. The Morgan fingerprint density at radius 3 is 2.69 bits per heavy atom. The summed E-state index contributed by atoms with van der Waals surface area (Å²) in [6.07, 6.45) is -0.118. The van der Waals surface area contributed by atoms with Crippen molar-refractivity contribution in [2.75, 3.05) is 16.3 Å². The van der Waals surface area contributed by atoms with Gasteiger partial charge in [0.05, 0.1) is 17.4 Å². The molecule has 2 rings (SSSR count). The fraction of sp³-hybridized carbons (Fsp3) is 0.188. The zero-order valence-electron chi connectivity index (χ0n) is 13.8. The molecule has 0 aliphatic carbocycles. The van der Waals surface area contributed by atoms with Crippen molar-refractivity contribution < 1.29 is 22.7 Å². The second-order valence-corrected chi connectivity index (χ2v) is 7.93. The zero-order valence-corrected chi connectivity index (χ0v) is 15.5. The van der Waals surface area contributed by atoms with Gasteiger partial charge in [0.2, 0.25) is 10.0 Å². The Labute approximate surface area is 154 Å². The van der Waals surface area contributed by atoms with E-state index in [2.05, 4.69) is 10.0 Å². The van der Waals surface area contributed by atoms with Gasteiger partial charge in [-0.25, -0.2) is 13.2 Å². The Morgan fingerprint density at radius 2 is 2.04 bits per heavy atom. The molecule has 1 aromatic heterocycles. The van der Waals surface area contributed by atoms with Crippen LogP contribution in [0.25, 0.3) is 0 Å². The van der Waals surface area contributed by atoms with Gasteiger partial charge in [0.15, 0.2) is 6.10 Å². The minimum Gasteiger partial charge on any atom is -0.449 e. The van der Waals surface area contributed by atoms with Gasteiger partial charge in [-0.2, -0.15) is 5.26 Å². The number of sulfonamides is 1. The van der Waals surface area contributed by atoms with Gasteiger partial charge >= 0.3 is 5.97 Å². The van der Waals surface area contributed by atoms with E-state index in [1.54, 1.807) is 11.4 Å². The zero-order chi connectivity index (χ0) is 19.3. The molecule has 1 heterocycles. The van der Waals surface area contributed by atoms with Gasteiger partial charge in [-0.1, -0.05) is 6.07 Å². The molecule has 0 aliphatic heterocycles. The first-order valence-corrected chi connectivity index (χ1v) is 10.0. The van der Waals surface area contributed by atoms with E-state index >= 15 is 0 Å². The third kappa shape index (κ3) is 5.30. The maximum Gasteiger partial charge on any atom is 0.338 e. The molecular weight excluding hydrogens is 378 g/mol. The molecule has 0 spiro atoms. The molecule has 8 nitrogen and oxygen atoms in total. The van der Waals surface area contributed by atoms with Gasteiger partial charge in [-0.05, 0) is 36.6 Å². The van der Waals surface area contributed by atoms with Crippen molar-refractivity contribution in [1.29, 1.82) is 5.26 Å². The molecule has 1 atom stereocenters. The van der Waals surface area contributed by atoms with Crippen molar-refractivity contribution in [2.45, 2.75) is 13.0 Å². The lowest BCUT2D eigenvalue weighted by atomic mass is 10.2. The van der Waals surface area contributed by atoms with Crippen LogP contribution in [0.15, 0.2) is 35.7 Å². The summed E-state index contributed by atoms with van der Waals surface area (Å²) in [6, 6.07) is 9.22. The second-order valence-electron chi connectivity index (χ2n) is 5.27. The highest BCUT2D eigenvalue weighted by molar-refractivity contribution is 7.92. The molecule has 10 heteroatoms. The highest BCUT2D eigenvalue weighted by Gasteiger charge is 2.20. The summed E-state index contributed by atoms with van der Waals surface area (Å²) in [5.41, 5.74) is 0.616. The molecule has 136 valence electrons. The first kappa shape index (κ1) is 19.4. The molecular formula is C16H15N3O5S2. The van der Waals surface area contributed by atoms with E-state index < -0.39 is 28.0 Å². The Kier molecular flexibility index (Phi) is 5.97. The van der Waals surface area contributed by atoms with Crippen LogP contribution in [-0.4, -0.2) is 32.7 Å². The average molecular weight is 393 g/mol. The molecule has 0 aliphatic rings. The van der Waals surface area contributed by atoms with Crippen molar-refractivity contribution >= 4 is 43.9 Å². The van der Waals surface area contributed by atoms with E-state index in [1.165, 1.54) is 42.5 Å². The summed E-state index contributed by atoms with van der Waals surface area (Å²) in [7, 11) is -3.48. The highest BCUT2D eigenvalue weighted by Crippen LogP contribution is 2.22. The number of benzene rings is 1. The molecule has 1 amide bonds. The number of anilines is 2. The molecule has 0 saturated carbocycles. The predicted octanol–water partition coefficient (Wildman–Crippen LogP) is 2.18. The number of thiophene rings is 1. The highest BCUT2D eigenvalue weighted by atomic mass is 32.2. The fourth-order valence-corrected chi connectivity index (χ4v) is 3.21. The number of ether oxygens (including phenoxy) is 1. The number of hydrogen-bond acceptors (Lipinski definition) is 7. The summed E-state index contributed by atoms with van der Waals surface area (Å²) in [5, 5.41) is 13.5. The smallest absolute Gasteiger partial charge is 0.338 e. The maximum absolute atomic E-state index is 12.2. The van der Waals surface area contributed by atoms with Crippen molar-refractivity contribution in [3.05, 3.63) is 46.8 Å². The number of rotatable bonds is 6. The first-order valence-electron chi connectivity index (χ1n) is 7.27. The fourth-order valence-electron chi connectivity index (χ4n) is 1.91. The Morgan fingerprint density at radius 1 is 1.31 bits per heavy atom. The van der Waals surface area contributed by atoms with Crippen LogP contribution >= 0.6 is 11.3 Å². The van der Waals surface area contributed by atoms with Crippen LogP contribution < -0.4 is 10.0 Å². The monoisotopic (exact) mass is 393 g/mol. The third-order valence-electron chi connectivity index (χ3n) is 3.08. The van der Waals surface area contributed by atoms with Crippen LogP contribution in [0.2, 0.25) is 0 Å². The molecule has 0 bridgehead atoms. The Bertz CT molecular complexity index is 976. The number of esters is 1. The van der Waals surface area contributed by atoms with Crippen LogP contribution in [0.3, 0.4) is 0 Å². The molecule has 0 saturated heterocycles. The molecule has 26 heavy (non-hydrogen) atoms. The molecule has 0 radical (unpaired) electrons. The van der Waals surface area contributed by atoms with Crippen LogP contribution in [0.5, 0.6) is 0 Å². The van der Waals surface area contributed by atoms with E-state index in [-0.39, 0.29) is 11.3 Å². The predicted molar refractivity (Wildman–Crippen MR) is 97.4 cm³/mol. The van der Waals surface area contributed by atoms with Gasteiger partial charge in [-0.3, -0.25) is 9.52 Å². The van der Waals surface area contributed by atoms with Gasteiger partial charge in [0.25, 0.3) is 5.91 Å². The standard InChI is InChI=1S/C16H15N3O5S2/c1-10(14(20)18-15-12(9-17)6-7-25-15)24-16(21)11-4-3-5-13(8-11)19-26(2,22)23/h3-8,10,19H,1-2H3,(H,18,20). The third-order valence-corrected chi connectivity index (χ3v) is 4.51. The lowest BCUT2D eigenvalue weighted by Crippen LogP contribution is -2.30. The number of hydrogen-bond donors (Lipinski definition) is 2. The van der Waals surface area contributed by atoms with E-state index in [9.17, 15) is 18.0 Å². The number of carbonyl (C=O) groups is 2. The summed E-state index contributed by atoms with van der Waals surface area (Å²) < 4.78 is 29.9. The lowest BCUT2D eigenvalue weighted by molar-refractivity contribution is -0.123. The van der Waals surface area contributed by atoms with Gasteiger partial charge in [0, 0.05) is 5.69 Å². The molecule has 2 N–H and O–H groups in total. The molecule has 0 fully saturated rings. The van der Waals surface area contributed by atoms with Gasteiger partial charge in [-0.15, -0.1) is 11.3 Å². The normalized spacial score (nSPS) is 11.9. The maximum atomic E-state index is 12.2. The summed E-state index contributed by atoms with van der Waals surface area (Å²) in [6.45, 7) is 1.39. The lowest BCUT2D eigenvalue weighted by Gasteiger charge is -2.13. The number of nitrogens with zero attached hydrogens (tertiary/aromatic N) is 1. The van der Waals surface area contributed by atoms with Crippen LogP contribution in [0, 0.1) is 11.3 Å². The van der Waals surface area contributed by atoms with Crippen molar-refractivity contribution in [3.63, 3.8) is 0 Å². The molecule has 1 aromatic carbocycles. The van der Waals surface area contributed by atoms with Crippen LogP contribution in [-0.2, 0) is 19.6 Å². The van der Waals surface area contributed by atoms with E-state index in [4.69, 9.17) is 10.00 Å². The topological polar surface area (TPSA) is 125 Å². The largest absolute Gasteiger partial charge is 0.449 e. The second kappa shape index (κ2) is 7.99. The van der Waals surface area contributed by atoms with Crippen molar-refractivity contribution in [3.8, 4) is 6.07 Å². The van der Waals surface area contributed by atoms with Gasteiger partial charge < -0.3 is 10.1 Å². The number of nitriles is 1. The van der Waals surface area contributed by atoms with Crippen molar-refractivity contribution in [1.82, 2.24) is 0 Å².